The van der Waals surface area contributed by atoms with Gasteiger partial charge in [-0.05, 0) is 24.1 Å². The molecule has 0 aliphatic carbocycles. The lowest BCUT2D eigenvalue weighted by Crippen LogP contribution is -2.30. The topological polar surface area (TPSA) is 60.1 Å². The summed E-state index contributed by atoms with van der Waals surface area (Å²) in [6.45, 7) is 1.06. The summed E-state index contributed by atoms with van der Waals surface area (Å²) >= 11 is 0. The van der Waals surface area contributed by atoms with Gasteiger partial charge in [-0.25, -0.2) is 8.42 Å². The number of para-hydroxylation sites is 1. The van der Waals surface area contributed by atoms with Gasteiger partial charge in [0.25, 0.3) is 10.0 Å². The maximum Gasteiger partial charge on any atom is 0.260 e. The first-order chi connectivity index (χ1) is 11.5. The van der Waals surface area contributed by atoms with Crippen LogP contribution in [0.25, 0.3) is 10.9 Å². The van der Waals surface area contributed by atoms with Gasteiger partial charge in [0.15, 0.2) is 5.03 Å². The van der Waals surface area contributed by atoms with Crippen LogP contribution in [0.3, 0.4) is 0 Å². The highest BCUT2D eigenvalue weighted by molar-refractivity contribution is 7.89. The summed E-state index contributed by atoms with van der Waals surface area (Å²) in [6, 6.07) is 9.83. The SMILES string of the molecule is Cn1nccc1S(=O)(=O)N1CCC(c2cn(C)c3ccccc23)C1. The van der Waals surface area contributed by atoms with Crippen LogP contribution in [0.1, 0.15) is 17.9 Å². The van der Waals surface area contributed by atoms with Gasteiger partial charge in [0.1, 0.15) is 0 Å². The van der Waals surface area contributed by atoms with Gasteiger partial charge in [-0.3, -0.25) is 4.68 Å². The number of fused-ring (bicyclic) bond motifs is 1. The van der Waals surface area contributed by atoms with Crippen molar-refractivity contribution in [3.05, 3.63) is 48.3 Å². The summed E-state index contributed by atoms with van der Waals surface area (Å²) in [6.07, 6.45) is 4.49. The Morgan fingerprint density at radius 1 is 1.17 bits per heavy atom. The molecular formula is C17H20N4O2S. The number of benzene rings is 1. The number of aromatic nitrogens is 3. The number of sulfonamides is 1. The van der Waals surface area contributed by atoms with Crippen molar-refractivity contribution in [3.63, 3.8) is 0 Å². The molecule has 0 saturated carbocycles. The van der Waals surface area contributed by atoms with Gasteiger partial charge in [0.2, 0.25) is 0 Å². The fraction of sp³-hybridized carbons (Fsp3) is 0.353. The molecule has 0 N–H and O–H groups in total. The van der Waals surface area contributed by atoms with Crippen molar-refractivity contribution < 1.29 is 8.42 Å². The lowest BCUT2D eigenvalue weighted by molar-refractivity contribution is 0.463. The highest BCUT2D eigenvalue weighted by Crippen LogP contribution is 2.35. The van der Waals surface area contributed by atoms with E-state index in [9.17, 15) is 8.42 Å². The number of nitrogens with zero attached hydrogens (tertiary/aromatic N) is 4. The smallest absolute Gasteiger partial charge is 0.260 e. The van der Waals surface area contributed by atoms with Gasteiger partial charge in [0, 0.05) is 50.2 Å². The molecule has 1 atom stereocenters. The van der Waals surface area contributed by atoms with Gasteiger partial charge >= 0.3 is 0 Å². The van der Waals surface area contributed by atoms with Crippen LogP contribution in [0.4, 0.5) is 0 Å². The van der Waals surface area contributed by atoms with E-state index in [2.05, 4.69) is 28.0 Å². The van der Waals surface area contributed by atoms with Crippen LogP contribution in [-0.4, -0.2) is 40.2 Å². The van der Waals surface area contributed by atoms with E-state index in [-0.39, 0.29) is 10.9 Å². The van der Waals surface area contributed by atoms with Crippen LogP contribution in [0.5, 0.6) is 0 Å². The number of hydrogen-bond donors (Lipinski definition) is 0. The molecule has 126 valence electrons. The van der Waals surface area contributed by atoms with E-state index in [1.807, 2.05) is 19.2 Å². The minimum absolute atomic E-state index is 0.221. The zero-order valence-electron chi connectivity index (χ0n) is 13.8. The van der Waals surface area contributed by atoms with Crippen molar-refractivity contribution in [2.75, 3.05) is 13.1 Å². The number of hydrogen-bond acceptors (Lipinski definition) is 3. The molecule has 3 aromatic rings. The van der Waals surface area contributed by atoms with Crippen LogP contribution in [0.2, 0.25) is 0 Å². The molecule has 3 heterocycles. The standard InChI is InChI=1S/C17H20N4O2S/c1-19-12-15(14-5-3-4-6-16(14)19)13-8-10-21(11-13)24(22,23)17-7-9-18-20(17)2/h3-7,9,12-13H,8,10-11H2,1-2H3. The molecule has 0 radical (unpaired) electrons. The number of rotatable bonds is 3. The Morgan fingerprint density at radius 3 is 2.71 bits per heavy atom. The zero-order chi connectivity index (χ0) is 16.9. The third-order valence-electron chi connectivity index (χ3n) is 4.90. The average molecular weight is 344 g/mol. The van der Waals surface area contributed by atoms with E-state index < -0.39 is 10.0 Å². The molecule has 6 nitrogen and oxygen atoms in total. The quantitative estimate of drug-likeness (QED) is 0.731. The van der Waals surface area contributed by atoms with Crippen LogP contribution in [0, 0.1) is 0 Å². The molecule has 1 saturated heterocycles. The second-order valence-electron chi connectivity index (χ2n) is 6.35. The molecule has 1 aromatic carbocycles. The third-order valence-corrected chi connectivity index (χ3v) is 6.84. The summed E-state index contributed by atoms with van der Waals surface area (Å²) in [7, 11) is 0.204. The Bertz CT molecular complexity index is 1000. The van der Waals surface area contributed by atoms with Gasteiger partial charge in [-0.2, -0.15) is 9.40 Å². The monoisotopic (exact) mass is 344 g/mol. The average Bonchev–Trinajstić information content (AvgIpc) is 3.27. The Kier molecular flexibility index (Phi) is 3.51. The fourth-order valence-corrected chi connectivity index (χ4v) is 5.25. The Balaban J connectivity index is 1.66. The predicted molar refractivity (Wildman–Crippen MR) is 92.2 cm³/mol. The molecule has 1 aliphatic rings. The minimum atomic E-state index is -3.49. The molecule has 1 aliphatic heterocycles. The first kappa shape index (κ1) is 15.4. The van der Waals surface area contributed by atoms with Gasteiger partial charge in [0.05, 0.1) is 6.20 Å². The van der Waals surface area contributed by atoms with E-state index >= 15 is 0 Å². The summed E-state index contributed by atoms with van der Waals surface area (Å²) in [5, 5.41) is 5.45. The molecule has 4 rings (SSSR count). The van der Waals surface area contributed by atoms with E-state index in [0.29, 0.717) is 13.1 Å². The molecule has 0 bridgehead atoms. The molecule has 24 heavy (non-hydrogen) atoms. The second kappa shape index (κ2) is 5.46. The molecule has 0 amide bonds. The summed E-state index contributed by atoms with van der Waals surface area (Å²) < 4.78 is 30.8. The largest absolute Gasteiger partial charge is 0.350 e. The lowest BCUT2D eigenvalue weighted by Gasteiger charge is -2.16. The van der Waals surface area contributed by atoms with Crippen molar-refractivity contribution in [2.45, 2.75) is 17.4 Å². The maximum absolute atomic E-state index is 12.8. The first-order valence-electron chi connectivity index (χ1n) is 8.00. The molecular weight excluding hydrogens is 324 g/mol. The Hall–Kier alpha value is -2.12. The van der Waals surface area contributed by atoms with Crippen LogP contribution >= 0.6 is 0 Å². The Labute approximate surface area is 141 Å². The van der Waals surface area contributed by atoms with Gasteiger partial charge < -0.3 is 4.57 Å². The summed E-state index contributed by atoms with van der Waals surface area (Å²) in [4.78, 5) is 0. The molecule has 0 spiro atoms. The lowest BCUT2D eigenvalue weighted by atomic mass is 9.98. The van der Waals surface area contributed by atoms with Crippen LogP contribution in [0.15, 0.2) is 47.8 Å². The highest BCUT2D eigenvalue weighted by Gasteiger charge is 2.35. The first-order valence-corrected chi connectivity index (χ1v) is 9.44. The van der Waals surface area contributed by atoms with E-state index in [1.54, 1.807) is 17.4 Å². The fourth-order valence-electron chi connectivity index (χ4n) is 3.65. The van der Waals surface area contributed by atoms with E-state index in [4.69, 9.17) is 0 Å². The third kappa shape index (κ3) is 2.27. The molecule has 1 unspecified atom stereocenters. The highest BCUT2D eigenvalue weighted by atomic mass is 32.2. The van der Waals surface area contributed by atoms with Crippen molar-refractivity contribution in [1.29, 1.82) is 0 Å². The predicted octanol–water partition coefficient (Wildman–Crippen LogP) is 2.09. The van der Waals surface area contributed by atoms with Gasteiger partial charge in [-0.1, -0.05) is 18.2 Å². The maximum atomic E-state index is 12.8. The second-order valence-corrected chi connectivity index (χ2v) is 8.24. The van der Waals surface area contributed by atoms with E-state index in [0.717, 1.165) is 6.42 Å². The molecule has 2 aromatic heterocycles. The number of aryl methyl sites for hydroxylation is 2. The Morgan fingerprint density at radius 2 is 1.96 bits per heavy atom. The normalized spacial score (nSPS) is 19.3. The van der Waals surface area contributed by atoms with Crippen molar-refractivity contribution in [1.82, 2.24) is 18.7 Å². The molecule has 1 fully saturated rings. The summed E-state index contributed by atoms with van der Waals surface area (Å²) in [5.74, 6) is 0.221. The zero-order valence-corrected chi connectivity index (χ0v) is 14.6. The van der Waals surface area contributed by atoms with Crippen molar-refractivity contribution in [2.24, 2.45) is 14.1 Å². The minimum Gasteiger partial charge on any atom is -0.350 e. The van der Waals surface area contributed by atoms with Crippen LogP contribution < -0.4 is 0 Å². The van der Waals surface area contributed by atoms with Gasteiger partial charge in [-0.15, -0.1) is 0 Å². The summed E-state index contributed by atoms with van der Waals surface area (Å²) in [5.41, 5.74) is 2.41. The van der Waals surface area contributed by atoms with Crippen molar-refractivity contribution >= 4 is 20.9 Å². The molecule has 7 heteroatoms. The van der Waals surface area contributed by atoms with E-state index in [1.165, 1.54) is 27.3 Å². The van der Waals surface area contributed by atoms with Crippen molar-refractivity contribution in [3.8, 4) is 0 Å². The van der Waals surface area contributed by atoms with Crippen LogP contribution in [-0.2, 0) is 24.1 Å².